The lowest BCUT2D eigenvalue weighted by molar-refractivity contribution is -0.0793. The van der Waals surface area contributed by atoms with Gasteiger partial charge in [0.05, 0.1) is 5.60 Å². The summed E-state index contributed by atoms with van der Waals surface area (Å²) < 4.78 is 6.19. The first-order chi connectivity index (χ1) is 10.6. The van der Waals surface area contributed by atoms with E-state index in [1.807, 2.05) is 0 Å². The highest BCUT2D eigenvalue weighted by molar-refractivity contribution is 5.73. The van der Waals surface area contributed by atoms with E-state index in [9.17, 15) is 4.79 Å². The number of ether oxygens (including phenoxy) is 1. The highest BCUT2D eigenvalue weighted by Gasteiger charge is 2.43. The molecule has 1 saturated carbocycles. The fourth-order valence-corrected chi connectivity index (χ4v) is 4.38. The Bertz CT molecular complexity index is 395. The number of hydrogen-bond donors (Lipinski definition) is 1. The minimum Gasteiger partial charge on any atom is -0.373 e. The van der Waals surface area contributed by atoms with E-state index in [2.05, 4.69) is 10.2 Å². The minimum absolute atomic E-state index is 0.0128. The van der Waals surface area contributed by atoms with Crippen LogP contribution >= 0.6 is 0 Å². The van der Waals surface area contributed by atoms with Crippen LogP contribution in [0.25, 0.3) is 0 Å². The molecule has 2 amide bonds. The molecule has 0 aromatic heterocycles. The molecule has 3 fully saturated rings. The van der Waals surface area contributed by atoms with Crippen molar-refractivity contribution >= 4 is 6.03 Å². The Labute approximate surface area is 134 Å². The van der Waals surface area contributed by atoms with Crippen molar-refractivity contribution in [1.82, 2.24) is 15.1 Å². The molecule has 0 bridgehead atoms. The van der Waals surface area contributed by atoms with Crippen LogP contribution in [0.15, 0.2) is 0 Å². The van der Waals surface area contributed by atoms with Gasteiger partial charge in [0.2, 0.25) is 0 Å². The molecular weight excluding hydrogens is 278 g/mol. The Morgan fingerprint density at radius 3 is 2.82 bits per heavy atom. The third-order valence-electron chi connectivity index (χ3n) is 5.61. The molecule has 126 valence electrons. The Hall–Kier alpha value is -0.810. The van der Waals surface area contributed by atoms with E-state index >= 15 is 0 Å². The second-order valence-electron chi connectivity index (χ2n) is 7.70. The lowest BCUT2D eigenvalue weighted by Gasteiger charge is -2.39. The topological polar surface area (TPSA) is 44.8 Å². The fourth-order valence-electron chi connectivity index (χ4n) is 4.38. The monoisotopic (exact) mass is 309 g/mol. The van der Waals surface area contributed by atoms with Gasteiger partial charge in [-0.25, -0.2) is 4.79 Å². The minimum atomic E-state index is -0.0128. The molecule has 2 heterocycles. The van der Waals surface area contributed by atoms with Gasteiger partial charge >= 0.3 is 6.03 Å². The molecular formula is C17H31N3O2. The average molecular weight is 309 g/mol. The molecule has 2 atom stereocenters. The third kappa shape index (κ3) is 3.74. The Morgan fingerprint density at radius 1 is 1.32 bits per heavy atom. The summed E-state index contributed by atoms with van der Waals surface area (Å²) in [6.45, 7) is 4.23. The molecule has 1 spiro atoms. The lowest BCUT2D eigenvalue weighted by Crippen LogP contribution is -2.51. The molecule has 22 heavy (non-hydrogen) atoms. The van der Waals surface area contributed by atoms with E-state index in [4.69, 9.17) is 4.74 Å². The van der Waals surface area contributed by atoms with Gasteiger partial charge in [-0.15, -0.1) is 0 Å². The molecule has 3 aliphatic rings. The van der Waals surface area contributed by atoms with E-state index in [1.54, 1.807) is 19.0 Å². The van der Waals surface area contributed by atoms with Crippen LogP contribution in [-0.2, 0) is 4.74 Å². The van der Waals surface area contributed by atoms with Gasteiger partial charge in [0, 0.05) is 46.4 Å². The van der Waals surface area contributed by atoms with Gasteiger partial charge in [0.25, 0.3) is 0 Å². The molecule has 3 rings (SSSR count). The maximum atomic E-state index is 11.9. The van der Waals surface area contributed by atoms with Crippen molar-refractivity contribution in [2.45, 2.75) is 56.6 Å². The van der Waals surface area contributed by atoms with Crippen molar-refractivity contribution in [2.24, 2.45) is 5.92 Å². The number of carbonyl (C=O) groups excluding carboxylic acids is 1. The molecule has 5 nitrogen and oxygen atoms in total. The highest BCUT2D eigenvalue weighted by atomic mass is 16.5. The second-order valence-corrected chi connectivity index (χ2v) is 7.70. The largest absolute Gasteiger partial charge is 0.373 e. The average Bonchev–Trinajstić information content (AvgIpc) is 3.10. The van der Waals surface area contributed by atoms with Gasteiger partial charge in [0.15, 0.2) is 0 Å². The molecule has 1 aliphatic carbocycles. The number of rotatable bonds is 3. The van der Waals surface area contributed by atoms with Crippen LogP contribution in [0, 0.1) is 5.92 Å². The van der Waals surface area contributed by atoms with Gasteiger partial charge < -0.3 is 19.9 Å². The summed E-state index contributed by atoms with van der Waals surface area (Å²) in [6, 6.07) is 0.276. The van der Waals surface area contributed by atoms with Gasteiger partial charge in [-0.1, -0.05) is 12.8 Å². The van der Waals surface area contributed by atoms with E-state index in [0.29, 0.717) is 0 Å². The molecule has 0 aromatic carbocycles. The number of amides is 2. The number of nitrogens with zero attached hydrogens (tertiary/aromatic N) is 2. The molecule has 0 radical (unpaired) electrons. The summed E-state index contributed by atoms with van der Waals surface area (Å²) in [6.07, 6.45) is 8.67. The van der Waals surface area contributed by atoms with Crippen molar-refractivity contribution in [3.8, 4) is 0 Å². The van der Waals surface area contributed by atoms with Crippen molar-refractivity contribution in [2.75, 3.05) is 40.3 Å². The van der Waals surface area contributed by atoms with E-state index in [1.165, 1.54) is 32.2 Å². The van der Waals surface area contributed by atoms with Crippen molar-refractivity contribution < 1.29 is 9.53 Å². The summed E-state index contributed by atoms with van der Waals surface area (Å²) in [5, 5.41) is 3.15. The zero-order valence-corrected chi connectivity index (χ0v) is 14.1. The molecule has 0 unspecified atom stereocenters. The van der Waals surface area contributed by atoms with Gasteiger partial charge in [0.1, 0.15) is 0 Å². The van der Waals surface area contributed by atoms with Crippen LogP contribution in [0.3, 0.4) is 0 Å². The number of likely N-dealkylation sites (tertiary alicyclic amines) is 1. The van der Waals surface area contributed by atoms with E-state index in [0.717, 1.165) is 44.9 Å². The SMILES string of the molecule is CN(C)C(=O)N[C@H]1CCO[C@@]2(CCN(CC3CCCC3)C2)C1. The summed E-state index contributed by atoms with van der Waals surface area (Å²) in [5.74, 6) is 0.906. The van der Waals surface area contributed by atoms with Crippen molar-refractivity contribution in [3.05, 3.63) is 0 Å². The quantitative estimate of drug-likeness (QED) is 0.868. The Morgan fingerprint density at radius 2 is 2.09 bits per heavy atom. The number of urea groups is 1. The molecule has 0 aromatic rings. The van der Waals surface area contributed by atoms with Crippen LogP contribution in [0.2, 0.25) is 0 Å². The molecule has 5 heteroatoms. The smallest absolute Gasteiger partial charge is 0.317 e. The first kappa shape index (κ1) is 16.1. The maximum Gasteiger partial charge on any atom is 0.317 e. The number of carbonyl (C=O) groups is 1. The summed E-state index contributed by atoms with van der Waals surface area (Å²) in [4.78, 5) is 16.1. The Kier molecular flexibility index (Phi) is 4.93. The van der Waals surface area contributed by atoms with Crippen LogP contribution in [-0.4, -0.2) is 67.8 Å². The zero-order chi connectivity index (χ0) is 15.6. The molecule has 1 N–H and O–H groups in total. The second kappa shape index (κ2) is 6.75. The lowest BCUT2D eigenvalue weighted by atomic mass is 9.89. The predicted molar refractivity (Wildman–Crippen MR) is 86.9 cm³/mol. The maximum absolute atomic E-state index is 11.9. The normalized spacial score (nSPS) is 33.5. The van der Waals surface area contributed by atoms with Crippen LogP contribution in [0.4, 0.5) is 4.79 Å². The van der Waals surface area contributed by atoms with Crippen LogP contribution in [0.1, 0.15) is 44.9 Å². The van der Waals surface area contributed by atoms with Crippen LogP contribution in [0.5, 0.6) is 0 Å². The van der Waals surface area contributed by atoms with Gasteiger partial charge in [-0.2, -0.15) is 0 Å². The van der Waals surface area contributed by atoms with Crippen LogP contribution < -0.4 is 5.32 Å². The zero-order valence-electron chi connectivity index (χ0n) is 14.1. The van der Waals surface area contributed by atoms with Crippen molar-refractivity contribution in [3.63, 3.8) is 0 Å². The van der Waals surface area contributed by atoms with E-state index < -0.39 is 0 Å². The summed E-state index contributed by atoms with van der Waals surface area (Å²) in [5.41, 5.74) is -0.0128. The highest BCUT2D eigenvalue weighted by Crippen LogP contribution is 2.36. The van der Waals surface area contributed by atoms with Gasteiger partial charge in [-0.05, 0) is 38.0 Å². The number of nitrogens with one attached hydrogen (secondary N) is 1. The molecule has 2 aliphatic heterocycles. The third-order valence-corrected chi connectivity index (χ3v) is 5.61. The molecule has 2 saturated heterocycles. The first-order valence-electron chi connectivity index (χ1n) is 8.90. The van der Waals surface area contributed by atoms with E-state index in [-0.39, 0.29) is 17.7 Å². The summed E-state index contributed by atoms with van der Waals surface area (Å²) >= 11 is 0. The number of hydrogen-bond acceptors (Lipinski definition) is 3. The fraction of sp³-hybridized carbons (Fsp3) is 0.941. The Balaban J connectivity index is 1.51. The summed E-state index contributed by atoms with van der Waals surface area (Å²) in [7, 11) is 3.59. The predicted octanol–water partition coefficient (Wildman–Crippen LogP) is 2.07. The van der Waals surface area contributed by atoms with Crippen molar-refractivity contribution in [1.29, 1.82) is 0 Å². The first-order valence-corrected chi connectivity index (χ1v) is 8.90. The van der Waals surface area contributed by atoms with Gasteiger partial charge in [-0.3, -0.25) is 0 Å². The standard InChI is InChI=1S/C17H31N3O2/c1-19(2)16(21)18-15-7-10-22-17(11-15)8-9-20(13-17)12-14-5-3-4-6-14/h14-15H,3-13H2,1-2H3,(H,18,21)/t15-,17-/m0/s1.